The number of hydrogen-bond acceptors (Lipinski definition) is 1. The molecule has 0 bridgehead atoms. The number of aromatic nitrogens is 2. The second-order valence-corrected chi connectivity index (χ2v) is 8.36. The van der Waals surface area contributed by atoms with Crippen molar-refractivity contribution >= 4 is 21.8 Å². The van der Waals surface area contributed by atoms with Crippen molar-refractivity contribution in [3.05, 3.63) is 70.5 Å². The minimum atomic E-state index is -0.0618. The number of benzene rings is 2. The molecule has 0 spiro atoms. The zero-order chi connectivity index (χ0) is 19.8. The van der Waals surface area contributed by atoms with Crippen molar-refractivity contribution in [1.82, 2.24) is 9.97 Å². The van der Waals surface area contributed by atoms with Crippen LogP contribution >= 0.6 is 0 Å². The lowest BCUT2D eigenvalue weighted by Gasteiger charge is -2.27. The molecule has 2 aromatic heterocycles. The molecule has 0 radical (unpaired) electrons. The molecular formula is C24H28N4O+2. The molecule has 1 aliphatic heterocycles. The summed E-state index contributed by atoms with van der Waals surface area (Å²) < 4.78 is 0. The van der Waals surface area contributed by atoms with E-state index in [1.807, 2.05) is 30.3 Å². The third-order valence-electron chi connectivity index (χ3n) is 6.40. The average molecular weight is 389 g/mol. The van der Waals surface area contributed by atoms with Gasteiger partial charge in [0.2, 0.25) is 0 Å². The molecule has 0 aliphatic carbocycles. The highest BCUT2D eigenvalue weighted by atomic mass is 16.1. The molecular weight excluding hydrogens is 360 g/mol. The lowest BCUT2D eigenvalue weighted by Crippen LogP contribution is -3.11. The van der Waals surface area contributed by atoms with Crippen LogP contribution in [0.3, 0.4) is 0 Å². The molecule has 5 rings (SSSR count). The fourth-order valence-electron chi connectivity index (χ4n) is 4.62. The van der Waals surface area contributed by atoms with E-state index in [-0.39, 0.29) is 5.56 Å². The number of hydrogen-bond donors (Lipinski definition) is 4. The molecule has 5 heteroatoms. The third-order valence-corrected chi connectivity index (χ3v) is 6.40. The van der Waals surface area contributed by atoms with Crippen LogP contribution < -0.4 is 16.2 Å². The van der Waals surface area contributed by atoms with Gasteiger partial charge in [-0.15, -0.1) is 0 Å². The Morgan fingerprint density at radius 3 is 2.55 bits per heavy atom. The molecule has 5 nitrogen and oxygen atoms in total. The second-order valence-electron chi connectivity index (χ2n) is 8.36. The minimum absolute atomic E-state index is 0.0618. The number of likely N-dealkylation sites (tertiary alicyclic amines) is 1. The number of para-hydroxylation sites is 1. The van der Waals surface area contributed by atoms with Crippen LogP contribution in [0, 0.1) is 5.92 Å². The Labute approximate surface area is 169 Å². The van der Waals surface area contributed by atoms with Gasteiger partial charge in [0.1, 0.15) is 6.54 Å². The summed E-state index contributed by atoms with van der Waals surface area (Å²) in [4.78, 5) is 20.7. The summed E-state index contributed by atoms with van der Waals surface area (Å²) in [5, 5.41) is 2.20. The molecule has 0 amide bonds. The zero-order valence-corrected chi connectivity index (χ0v) is 16.6. The van der Waals surface area contributed by atoms with Crippen LogP contribution in [0.4, 0.5) is 0 Å². The summed E-state index contributed by atoms with van der Waals surface area (Å²) in [6.45, 7) is 4.61. The molecule has 4 aromatic rings. The summed E-state index contributed by atoms with van der Waals surface area (Å²) in [7, 11) is 0. The van der Waals surface area contributed by atoms with Crippen LogP contribution in [0.25, 0.3) is 33.1 Å². The van der Waals surface area contributed by atoms with E-state index in [0.717, 1.165) is 46.5 Å². The van der Waals surface area contributed by atoms with Gasteiger partial charge < -0.3 is 20.6 Å². The van der Waals surface area contributed by atoms with E-state index in [2.05, 4.69) is 40.0 Å². The Morgan fingerprint density at radius 2 is 1.72 bits per heavy atom. The fraction of sp³-hybridized carbons (Fsp3) is 0.292. The third kappa shape index (κ3) is 3.59. The van der Waals surface area contributed by atoms with Gasteiger partial charge >= 0.3 is 0 Å². The zero-order valence-electron chi connectivity index (χ0n) is 16.6. The normalized spacial score (nSPS) is 19.8. The monoisotopic (exact) mass is 388 g/mol. The molecule has 1 saturated heterocycles. The first-order valence-electron chi connectivity index (χ1n) is 10.6. The summed E-state index contributed by atoms with van der Waals surface area (Å²) in [5.41, 5.74) is 8.85. The molecule has 1 fully saturated rings. The maximum atomic E-state index is 12.6. The molecule has 1 aliphatic rings. The maximum Gasteiger partial charge on any atom is 0.257 e. The number of H-pyrrole nitrogens is 2. The Morgan fingerprint density at radius 1 is 0.931 bits per heavy atom. The van der Waals surface area contributed by atoms with Crippen LogP contribution in [0.15, 0.2) is 59.4 Å². The maximum absolute atomic E-state index is 12.6. The summed E-state index contributed by atoms with van der Waals surface area (Å²) in [5.74, 6) is 0.813. The minimum Gasteiger partial charge on any atom is -0.357 e. The number of piperidine rings is 1. The Bertz CT molecular complexity index is 1210. The van der Waals surface area contributed by atoms with Crippen LogP contribution in [0.1, 0.15) is 18.4 Å². The van der Waals surface area contributed by atoms with E-state index in [1.165, 1.54) is 31.5 Å². The smallest absolute Gasteiger partial charge is 0.257 e. The van der Waals surface area contributed by atoms with E-state index >= 15 is 0 Å². The van der Waals surface area contributed by atoms with Crippen molar-refractivity contribution in [2.75, 3.05) is 19.6 Å². The lowest BCUT2D eigenvalue weighted by atomic mass is 9.97. The van der Waals surface area contributed by atoms with E-state index in [1.54, 1.807) is 4.90 Å². The molecule has 6 N–H and O–H groups in total. The van der Waals surface area contributed by atoms with Gasteiger partial charge in [-0.05, 0) is 35.7 Å². The first kappa shape index (κ1) is 18.2. The van der Waals surface area contributed by atoms with Gasteiger partial charge in [0.15, 0.2) is 0 Å². The summed E-state index contributed by atoms with van der Waals surface area (Å²) in [6, 6.07) is 18.6. The van der Waals surface area contributed by atoms with Crippen molar-refractivity contribution in [3.8, 4) is 11.3 Å². The SMILES string of the molecule is [NH3+]CC1CC[NH+](Cc2ccc3[nH]c(-c4cc5ccccc5[nH]c4=O)cc3c2)CC1. The van der Waals surface area contributed by atoms with E-state index in [4.69, 9.17) is 0 Å². The average Bonchev–Trinajstić information content (AvgIpc) is 3.17. The van der Waals surface area contributed by atoms with Crippen molar-refractivity contribution in [2.45, 2.75) is 19.4 Å². The van der Waals surface area contributed by atoms with Crippen LogP contribution in [0.2, 0.25) is 0 Å². The van der Waals surface area contributed by atoms with Gasteiger partial charge in [0.05, 0.1) is 30.9 Å². The molecule has 0 saturated carbocycles. The van der Waals surface area contributed by atoms with E-state index < -0.39 is 0 Å². The van der Waals surface area contributed by atoms with Gasteiger partial charge in [0.25, 0.3) is 5.56 Å². The van der Waals surface area contributed by atoms with Crippen molar-refractivity contribution in [3.63, 3.8) is 0 Å². The Hall–Kier alpha value is -2.89. The largest absolute Gasteiger partial charge is 0.357 e. The summed E-state index contributed by atoms with van der Waals surface area (Å²) in [6.07, 6.45) is 2.58. The number of nitrogens with one attached hydrogen (secondary N) is 3. The van der Waals surface area contributed by atoms with Gasteiger partial charge in [-0.2, -0.15) is 0 Å². The predicted octanol–water partition coefficient (Wildman–Crippen LogP) is 1.71. The van der Waals surface area contributed by atoms with E-state index in [0.29, 0.717) is 5.56 Å². The molecule has 29 heavy (non-hydrogen) atoms. The van der Waals surface area contributed by atoms with Crippen molar-refractivity contribution < 1.29 is 10.6 Å². The summed E-state index contributed by atoms with van der Waals surface area (Å²) >= 11 is 0. The van der Waals surface area contributed by atoms with Crippen LogP contribution in [0.5, 0.6) is 0 Å². The van der Waals surface area contributed by atoms with Gasteiger partial charge in [-0.3, -0.25) is 4.79 Å². The Balaban J connectivity index is 1.43. The van der Waals surface area contributed by atoms with E-state index in [9.17, 15) is 4.79 Å². The second kappa shape index (κ2) is 7.50. The van der Waals surface area contributed by atoms with Gasteiger partial charge in [0, 0.05) is 40.7 Å². The van der Waals surface area contributed by atoms with Crippen molar-refractivity contribution in [1.29, 1.82) is 0 Å². The number of quaternary nitrogens is 2. The lowest BCUT2D eigenvalue weighted by molar-refractivity contribution is -0.920. The predicted molar refractivity (Wildman–Crippen MR) is 117 cm³/mol. The molecule has 3 heterocycles. The quantitative estimate of drug-likeness (QED) is 0.422. The highest BCUT2D eigenvalue weighted by Gasteiger charge is 2.22. The molecule has 0 unspecified atom stereocenters. The molecule has 2 aromatic carbocycles. The fourth-order valence-corrected chi connectivity index (χ4v) is 4.62. The van der Waals surface area contributed by atoms with Gasteiger partial charge in [-0.1, -0.05) is 24.3 Å². The highest BCUT2D eigenvalue weighted by molar-refractivity contribution is 5.89. The first-order chi connectivity index (χ1) is 14.2. The van der Waals surface area contributed by atoms with Gasteiger partial charge in [-0.25, -0.2) is 0 Å². The highest BCUT2D eigenvalue weighted by Crippen LogP contribution is 2.24. The topological polar surface area (TPSA) is 80.7 Å². The number of pyridine rings is 1. The Kier molecular flexibility index (Phi) is 4.70. The van der Waals surface area contributed by atoms with Crippen molar-refractivity contribution in [2.24, 2.45) is 5.92 Å². The molecule has 148 valence electrons. The number of rotatable bonds is 4. The number of fused-ring (bicyclic) bond motifs is 2. The standard InChI is InChI=1S/C24H26N4O/c25-14-16-7-9-28(10-8-16)15-17-5-6-22-19(11-17)13-23(26-22)20-12-18-3-1-2-4-21(18)27-24(20)29/h1-6,11-13,16,26H,7-10,14-15,25H2,(H,27,29)/p+2. The number of aromatic amines is 2. The first-order valence-corrected chi connectivity index (χ1v) is 10.6. The molecule has 0 atom stereocenters. The van der Waals surface area contributed by atoms with Crippen LogP contribution in [-0.2, 0) is 6.54 Å². The van der Waals surface area contributed by atoms with Crippen LogP contribution in [-0.4, -0.2) is 29.6 Å².